The highest BCUT2D eigenvalue weighted by molar-refractivity contribution is 5.98. The van der Waals surface area contributed by atoms with Crippen LogP contribution in [0.3, 0.4) is 0 Å². The molecule has 2 heteroatoms. The van der Waals surface area contributed by atoms with E-state index in [1.54, 1.807) is 12.1 Å². The highest BCUT2D eigenvalue weighted by atomic mass is 16.5. The smallest absolute Gasteiger partial charge is 0.209 e. The van der Waals surface area contributed by atoms with E-state index in [9.17, 15) is 10.2 Å². The van der Waals surface area contributed by atoms with Crippen LogP contribution < -0.4 is 0 Å². The molecule has 0 saturated heterocycles. The summed E-state index contributed by atoms with van der Waals surface area (Å²) < 4.78 is 0. The summed E-state index contributed by atoms with van der Waals surface area (Å²) in [5.74, 6) is -1.99. The molecule has 0 unspecified atom stereocenters. The van der Waals surface area contributed by atoms with Crippen LogP contribution in [0.25, 0.3) is 21.5 Å². The topological polar surface area (TPSA) is 40.5 Å². The first kappa shape index (κ1) is 11.9. The van der Waals surface area contributed by atoms with Crippen LogP contribution in [0.15, 0.2) is 67.3 Å². The summed E-state index contributed by atoms with van der Waals surface area (Å²) in [6, 6.07) is 17.6. The van der Waals surface area contributed by atoms with Gasteiger partial charge in [0.25, 0.3) is 0 Å². The van der Waals surface area contributed by atoms with Crippen LogP contribution in [0.5, 0.6) is 0 Å². The second-order valence-electron chi connectivity index (χ2n) is 4.69. The van der Waals surface area contributed by atoms with Crippen molar-refractivity contribution >= 4 is 21.5 Å². The van der Waals surface area contributed by atoms with Crippen molar-refractivity contribution < 1.29 is 10.2 Å². The van der Waals surface area contributed by atoms with Crippen LogP contribution >= 0.6 is 0 Å². The van der Waals surface area contributed by atoms with Crippen LogP contribution in [-0.2, 0) is 5.79 Å². The lowest BCUT2D eigenvalue weighted by Crippen LogP contribution is -2.21. The van der Waals surface area contributed by atoms with Gasteiger partial charge >= 0.3 is 0 Å². The average Bonchev–Trinajstić information content (AvgIpc) is 2.44. The Labute approximate surface area is 111 Å². The van der Waals surface area contributed by atoms with E-state index >= 15 is 0 Å². The van der Waals surface area contributed by atoms with Crippen LogP contribution in [0, 0.1) is 0 Å². The third kappa shape index (κ3) is 2.01. The molecule has 19 heavy (non-hydrogen) atoms. The van der Waals surface area contributed by atoms with Gasteiger partial charge < -0.3 is 10.2 Å². The van der Waals surface area contributed by atoms with E-state index in [2.05, 4.69) is 18.7 Å². The van der Waals surface area contributed by atoms with Crippen molar-refractivity contribution in [2.75, 3.05) is 0 Å². The molecule has 0 heterocycles. The van der Waals surface area contributed by atoms with E-state index < -0.39 is 5.79 Å². The molecule has 0 atom stereocenters. The van der Waals surface area contributed by atoms with Gasteiger partial charge in [0.2, 0.25) is 5.79 Å². The Morgan fingerprint density at radius 2 is 1.37 bits per heavy atom. The zero-order valence-corrected chi connectivity index (χ0v) is 10.4. The van der Waals surface area contributed by atoms with Crippen molar-refractivity contribution in [3.05, 3.63) is 72.8 Å². The number of aliphatic hydroxyl groups is 2. The van der Waals surface area contributed by atoms with Gasteiger partial charge in [-0.25, -0.2) is 0 Å². The number of benzene rings is 3. The van der Waals surface area contributed by atoms with E-state index in [1.807, 2.05) is 30.3 Å². The van der Waals surface area contributed by atoms with Crippen molar-refractivity contribution in [3.63, 3.8) is 0 Å². The first-order chi connectivity index (χ1) is 9.10. The molecule has 0 spiro atoms. The zero-order chi connectivity index (χ0) is 13.5. The van der Waals surface area contributed by atoms with Crippen molar-refractivity contribution in [1.29, 1.82) is 0 Å². The Balaban J connectivity index is 2.28. The van der Waals surface area contributed by atoms with Gasteiger partial charge in [-0.2, -0.15) is 0 Å². The monoisotopic (exact) mass is 250 g/mol. The molecule has 0 aliphatic heterocycles. The molecule has 0 radical (unpaired) electrons. The Morgan fingerprint density at radius 3 is 2.00 bits per heavy atom. The van der Waals surface area contributed by atoms with Gasteiger partial charge in [0, 0.05) is 5.56 Å². The minimum absolute atomic E-state index is 0.422. The van der Waals surface area contributed by atoms with Crippen molar-refractivity contribution in [2.24, 2.45) is 0 Å². The van der Waals surface area contributed by atoms with Crippen LogP contribution in [-0.4, -0.2) is 10.2 Å². The maximum Gasteiger partial charge on any atom is 0.209 e. The van der Waals surface area contributed by atoms with Gasteiger partial charge in [-0.1, -0.05) is 43.0 Å². The SMILES string of the molecule is C=CC(O)(O)c1ccc2cc3ccccc3cc2c1. The number of rotatable bonds is 2. The number of hydrogen-bond acceptors (Lipinski definition) is 2. The molecular formula is C17H14O2. The lowest BCUT2D eigenvalue weighted by atomic mass is 9.98. The molecule has 0 saturated carbocycles. The molecular weight excluding hydrogens is 236 g/mol. The van der Waals surface area contributed by atoms with Gasteiger partial charge in [-0.05, 0) is 45.8 Å². The van der Waals surface area contributed by atoms with Crippen LogP contribution in [0.1, 0.15) is 5.56 Å². The summed E-state index contributed by atoms with van der Waals surface area (Å²) in [7, 11) is 0. The van der Waals surface area contributed by atoms with Crippen molar-refractivity contribution in [1.82, 2.24) is 0 Å². The molecule has 0 amide bonds. The molecule has 94 valence electrons. The van der Waals surface area contributed by atoms with Crippen LogP contribution in [0.2, 0.25) is 0 Å². The second kappa shape index (κ2) is 4.19. The van der Waals surface area contributed by atoms with E-state index in [0.717, 1.165) is 22.2 Å². The van der Waals surface area contributed by atoms with E-state index in [4.69, 9.17) is 0 Å². The molecule has 0 bridgehead atoms. The van der Waals surface area contributed by atoms with Crippen molar-refractivity contribution in [3.8, 4) is 0 Å². The fraction of sp³-hybridized carbons (Fsp3) is 0.0588. The molecule has 2 nitrogen and oxygen atoms in total. The molecule has 0 aliphatic carbocycles. The van der Waals surface area contributed by atoms with Gasteiger partial charge in [0.15, 0.2) is 0 Å². The first-order valence-corrected chi connectivity index (χ1v) is 6.11. The largest absolute Gasteiger partial charge is 0.359 e. The van der Waals surface area contributed by atoms with E-state index in [1.165, 1.54) is 5.39 Å². The summed E-state index contributed by atoms with van der Waals surface area (Å²) in [5.41, 5.74) is 0.422. The standard InChI is InChI=1S/C17H14O2/c1-2-17(18,19)16-8-7-14-9-12-5-3-4-6-13(12)10-15(14)11-16/h2-11,18-19H,1H2. The van der Waals surface area contributed by atoms with Gasteiger partial charge in [0.05, 0.1) is 0 Å². The fourth-order valence-electron chi connectivity index (χ4n) is 2.29. The highest BCUT2D eigenvalue weighted by Gasteiger charge is 2.21. The third-order valence-corrected chi connectivity index (χ3v) is 3.41. The minimum atomic E-state index is -1.99. The summed E-state index contributed by atoms with van der Waals surface area (Å²) >= 11 is 0. The predicted octanol–water partition coefficient (Wildman–Crippen LogP) is 3.32. The Hall–Kier alpha value is -2.16. The Kier molecular flexibility index (Phi) is 2.63. The number of fused-ring (bicyclic) bond motifs is 2. The zero-order valence-electron chi connectivity index (χ0n) is 10.4. The molecule has 0 aromatic heterocycles. The van der Waals surface area contributed by atoms with E-state index in [0.29, 0.717) is 5.56 Å². The molecule has 0 aliphatic rings. The lowest BCUT2D eigenvalue weighted by Gasteiger charge is -2.18. The minimum Gasteiger partial charge on any atom is -0.359 e. The third-order valence-electron chi connectivity index (χ3n) is 3.41. The molecule has 0 fully saturated rings. The normalized spacial score (nSPS) is 11.9. The second-order valence-corrected chi connectivity index (χ2v) is 4.69. The summed E-state index contributed by atoms with van der Waals surface area (Å²) in [6.45, 7) is 3.44. The highest BCUT2D eigenvalue weighted by Crippen LogP contribution is 2.27. The van der Waals surface area contributed by atoms with Crippen LogP contribution in [0.4, 0.5) is 0 Å². The molecule has 3 aromatic carbocycles. The Bertz CT molecular complexity index is 772. The van der Waals surface area contributed by atoms with E-state index in [-0.39, 0.29) is 0 Å². The Morgan fingerprint density at radius 1 is 0.789 bits per heavy atom. The number of hydrogen-bond donors (Lipinski definition) is 2. The predicted molar refractivity (Wildman–Crippen MR) is 77.8 cm³/mol. The lowest BCUT2D eigenvalue weighted by molar-refractivity contribution is -0.124. The molecule has 2 N–H and O–H groups in total. The summed E-state index contributed by atoms with van der Waals surface area (Å²) in [4.78, 5) is 0. The quantitative estimate of drug-likeness (QED) is 0.416. The van der Waals surface area contributed by atoms with Gasteiger partial charge in [-0.3, -0.25) is 0 Å². The fourth-order valence-corrected chi connectivity index (χ4v) is 2.29. The van der Waals surface area contributed by atoms with Crippen molar-refractivity contribution in [2.45, 2.75) is 5.79 Å². The maximum absolute atomic E-state index is 9.80. The molecule has 3 rings (SSSR count). The summed E-state index contributed by atoms with van der Waals surface area (Å²) in [6.07, 6.45) is 1.12. The molecule has 3 aromatic rings. The van der Waals surface area contributed by atoms with Gasteiger partial charge in [-0.15, -0.1) is 0 Å². The van der Waals surface area contributed by atoms with Gasteiger partial charge in [0.1, 0.15) is 0 Å². The maximum atomic E-state index is 9.80. The summed E-state index contributed by atoms with van der Waals surface area (Å²) in [5, 5.41) is 24.0. The first-order valence-electron chi connectivity index (χ1n) is 6.11. The average molecular weight is 250 g/mol.